The topological polar surface area (TPSA) is 26.0 Å². The molecule has 0 aromatic carbocycles. The molecule has 0 amide bonds. The molecule has 1 aliphatic rings. The van der Waals surface area contributed by atoms with Crippen molar-refractivity contribution < 1.29 is 0 Å². The highest BCUT2D eigenvalue weighted by molar-refractivity contribution is 9.10. The van der Waals surface area contributed by atoms with Gasteiger partial charge in [0.05, 0.1) is 0 Å². The Balaban J connectivity index is 2.14. The van der Waals surface area contributed by atoms with Gasteiger partial charge < -0.3 is 5.73 Å². The van der Waals surface area contributed by atoms with Crippen molar-refractivity contribution in [3.8, 4) is 0 Å². The first-order valence-corrected chi connectivity index (χ1v) is 5.48. The second-order valence-electron chi connectivity index (χ2n) is 3.01. The third kappa shape index (κ3) is 1.37. The van der Waals surface area contributed by atoms with Crippen LogP contribution in [0, 0.1) is 5.92 Å². The summed E-state index contributed by atoms with van der Waals surface area (Å²) < 4.78 is 1.27. The molecule has 1 heterocycles. The van der Waals surface area contributed by atoms with Crippen LogP contribution < -0.4 is 5.73 Å². The highest BCUT2D eigenvalue weighted by Crippen LogP contribution is 2.49. The summed E-state index contributed by atoms with van der Waals surface area (Å²) in [5.74, 6) is 1.50. The zero-order chi connectivity index (χ0) is 7.84. The quantitative estimate of drug-likeness (QED) is 0.833. The monoisotopic (exact) mass is 231 g/mol. The molecule has 60 valence electrons. The van der Waals surface area contributed by atoms with E-state index >= 15 is 0 Å². The fourth-order valence-corrected chi connectivity index (χ4v) is 3.10. The summed E-state index contributed by atoms with van der Waals surface area (Å²) in [5, 5.41) is 4.37. The zero-order valence-corrected chi connectivity index (χ0v) is 8.49. The Labute approximate surface area is 78.7 Å². The smallest absolute Gasteiger partial charge is 0.0317 e. The summed E-state index contributed by atoms with van der Waals surface area (Å²) in [4.78, 5) is 0. The van der Waals surface area contributed by atoms with Crippen LogP contribution in [0.2, 0.25) is 0 Å². The van der Waals surface area contributed by atoms with E-state index in [-0.39, 0.29) is 0 Å². The first kappa shape index (κ1) is 7.77. The van der Waals surface area contributed by atoms with Gasteiger partial charge in [0, 0.05) is 9.85 Å². The molecule has 1 saturated carbocycles. The molecule has 2 rings (SSSR count). The Bertz CT molecular complexity index is 258. The Kier molecular flexibility index (Phi) is 2.04. The number of nitrogens with two attached hydrogens (primary N) is 1. The SMILES string of the molecule is NCC1CC1c1cscc1Br. The van der Waals surface area contributed by atoms with Gasteiger partial charge in [0.25, 0.3) is 0 Å². The van der Waals surface area contributed by atoms with Gasteiger partial charge in [0.15, 0.2) is 0 Å². The maximum Gasteiger partial charge on any atom is 0.0317 e. The molecular formula is C8H10BrNS. The molecule has 1 aromatic heterocycles. The number of hydrogen-bond donors (Lipinski definition) is 1. The largest absolute Gasteiger partial charge is 0.330 e. The molecular weight excluding hydrogens is 222 g/mol. The number of halogens is 1. The van der Waals surface area contributed by atoms with Gasteiger partial charge in [-0.15, -0.1) is 0 Å². The van der Waals surface area contributed by atoms with E-state index in [0.29, 0.717) is 0 Å². The summed E-state index contributed by atoms with van der Waals surface area (Å²) in [6.07, 6.45) is 1.28. The van der Waals surface area contributed by atoms with E-state index in [4.69, 9.17) is 5.73 Å². The zero-order valence-electron chi connectivity index (χ0n) is 6.09. The van der Waals surface area contributed by atoms with E-state index < -0.39 is 0 Å². The van der Waals surface area contributed by atoms with Crippen molar-refractivity contribution in [2.45, 2.75) is 12.3 Å². The lowest BCUT2D eigenvalue weighted by atomic mass is 10.2. The normalized spacial score (nSPS) is 28.9. The third-order valence-electron chi connectivity index (χ3n) is 2.27. The molecule has 2 N–H and O–H groups in total. The maximum absolute atomic E-state index is 5.57. The van der Waals surface area contributed by atoms with Crippen LogP contribution >= 0.6 is 27.3 Å². The van der Waals surface area contributed by atoms with Crippen molar-refractivity contribution in [2.24, 2.45) is 11.7 Å². The summed E-state index contributed by atoms with van der Waals surface area (Å²) in [5.41, 5.74) is 7.03. The Hall–Kier alpha value is 0.140. The summed E-state index contributed by atoms with van der Waals surface area (Å²) in [6, 6.07) is 0. The standard InChI is InChI=1S/C8H10BrNS/c9-8-4-11-3-7(8)6-1-5(6)2-10/h3-6H,1-2,10H2. The molecule has 1 nitrogen and oxygen atoms in total. The Morgan fingerprint density at radius 1 is 1.64 bits per heavy atom. The number of hydrogen-bond acceptors (Lipinski definition) is 2. The second-order valence-corrected chi connectivity index (χ2v) is 4.61. The van der Waals surface area contributed by atoms with Gasteiger partial charge in [-0.3, -0.25) is 0 Å². The van der Waals surface area contributed by atoms with E-state index in [9.17, 15) is 0 Å². The minimum Gasteiger partial charge on any atom is -0.330 e. The van der Waals surface area contributed by atoms with Crippen LogP contribution in [0.4, 0.5) is 0 Å². The Morgan fingerprint density at radius 2 is 2.45 bits per heavy atom. The van der Waals surface area contributed by atoms with Crippen molar-refractivity contribution >= 4 is 27.3 Å². The van der Waals surface area contributed by atoms with Crippen LogP contribution in [0.1, 0.15) is 17.9 Å². The molecule has 1 aliphatic carbocycles. The van der Waals surface area contributed by atoms with Crippen LogP contribution in [0.15, 0.2) is 15.2 Å². The van der Waals surface area contributed by atoms with Crippen molar-refractivity contribution in [2.75, 3.05) is 6.54 Å². The first-order chi connectivity index (χ1) is 5.33. The third-order valence-corrected chi connectivity index (χ3v) is 4.02. The lowest BCUT2D eigenvalue weighted by Gasteiger charge is -1.94. The molecule has 1 fully saturated rings. The van der Waals surface area contributed by atoms with Crippen molar-refractivity contribution in [1.29, 1.82) is 0 Å². The molecule has 3 heteroatoms. The fraction of sp³-hybridized carbons (Fsp3) is 0.500. The van der Waals surface area contributed by atoms with Gasteiger partial charge in [-0.05, 0) is 51.7 Å². The molecule has 0 radical (unpaired) electrons. The van der Waals surface area contributed by atoms with Crippen LogP contribution in [0.3, 0.4) is 0 Å². The molecule has 0 spiro atoms. The number of thiophene rings is 1. The van der Waals surface area contributed by atoms with Gasteiger partial charge in [0.1, 0.15) is 0 Å². The van der Waals surface area contributed by atoms with E-state index in [1.54, 1.807) is 11.3 Å². The molecule has 11 heavy (non-hydrogen) atoms. The van der Waals surface area contributed by atoms with Crippen LogP contribution in [0.5, 0.6) is 0 Å². The van der Waals surface area contributed by atoms with E-state index in [2.05, 4.69) is 26.7 Å². The number of rotatable bonds is 2. The average molecular weight is 232 g/mol. The Morgan fingerprint density at radius 3 is 2.91 bits per heavy atom. The average Bonchev–Trinajstić information content (AvgIpc) is 2.68. The molecule has 1 aromatic rings. The van der Waals surface area contributed by atoms with Crippen molar-refractivity contribution in [3.05, 3.63) is 20.8 Å². The maximum atomic E-state index is 5.57. The summed E-state index contributed by atoms with van der Waals surface area (Å²) in [6.45, 7) is 0.840. The van der Waals surface area contributed by atoms with E-state index in [1.165, 1.54) is 16.5 Å². The highest BCUT2D eigenvalue weighted by atomic mass is 79.9. The first-order valence-electron chi connectivity index (χ1n) is 3.74. The minimum atomic E-state index is 0.751. The lowest BCUT2D eigenvalue weighted by Crippen LogP contribution is -2.01. The van der Waals surface area contributed by atoms with Crippen LogP contribution in [-0.4, -0.2) is 6.54 Å². The molecule has 0 saturated heterocycles. The van der Waals surface area contributed by atoms with Crippen LogP contribution in [-0.2, 0) is 0 Å². The predicted molar refractivity (Wildman–Crippen MR) is 51.9 cm³/mol. The fourth-order valence-electron chi connectivity index (χ4n) is 1.44. The summed E-state index contributed by atoms with van der Waals surface area (Å²) >= 11 is 5.29. The lowest BCUT2D eigenvalue weighted by molar-refractivity contribution is 0.810. The van der Waals surface area contributed by atoms with Gasteiger partial charge in [0.2, 0.25) is 0 Å². The van der Waals surface area contributed by atoms with Gasteiger partial charge in [-0.25, -0.2) is 0 Å². The molecule has 2 atom stereocenters. The highest BCUT2D eigenvalue weighted by Gasteiger charge is 2.38. The van der Waals surface area contributed by atoms with Crippen molar-refractivity contribution in [1.82, 2.24) is 0 Å². The van der Waals surface area contributed by atoms with Crippen LogP contribution in [0.25, 0.3) is 0 Å². The predicted octanol–water partition coefficient (Wildman–Crippen LogP) is 2.57. The molecule has 2 unspecified atom stereocenters. The molecule has 0 bridgehead atoms. The van der Waals surface area contributed by atoms with Gasteiger partial charge >= 0.3 is 0 Å². The van der Waals surface area contributed by atoms with Gasteiger partial charge in [-0.1, -0.05) is 0 Å². The van der Waals surface area contributed by atoms with E-state index in [1.807, 2.05) is 0 Å². The van der Waals surface area contributed by atoms with Gasteiger partial charge in [-0.2, -0.15) is 11.3 Å². The second kappa shape index (κ2) is 2.88. The van der Waals surface area contributed by atoms with E-state index in [0.717, 1.165) is 18.4 Å². The minimum absolute atomic E-state index is 0.751. The summed E-state index contributed by atoms with van der Waals surface area (Å²) in [7, 11) is 0. The molecule has 0 aliphatic heterocycles. The van der Waals surface area contributed by atoms with Crippen molar-refractivity contribution in [3.63, 3.8) is 0 Å².